The van der Waals surface area contributed by atoms with Crippen LogP contribution in [0.3, 0.4) is 0 Å². The molecule has 3 aromatic rings. The standard InChI is InChI=1S/C16H16ClN3OS/c17-14-3-1-2-12-13(16-18-10-22-19-16)9-20(15(12)14)8-11-4-6-21-7-5-11/h1-3,9-11H,4-8H2. The zero-order valence-corrected chi connectivity index (χ0v) is 13.6. The van der Waals surface area contributed by atoms with Crippen LogP contribution in [0.15, 0.2) is 29.9 Å². The average molecular weight is 334 g/mol. The van der Waals surface area contributed by atoms with Crippen molar-refractivity contribution < 1.29 is 4.74 Å². The van der Waals surface area contributed by atoms with Crippen molar-refractivity contribution in [2.75, 3.05) is 13.2 Å². The molecule has 22 heavy (non-hydrogen) atoms. The highest BCUT2D eigenvalue weighted by Crippen LogP contribution is 2.34. The lowest BCUT2D eigenvalue weighted by molar-refractivity contribution is 0.0616. The number of hydrogen-bond donors (Lipinski definition) is 0. The number of fused-ring (bicyclic) bond motifs is 1. The molecule has 0 N–H and O–H groups in total. The second-order valence-corrected chi connectivity index (χ2v) is 6.65. The van der Waals surface area contributed by atoms with Crippen molar-refractivity contribution in [1.29, 1.82) is 0 Å². The largest absolute Gasteiger partial charge is 0.381 e. The summed E-state index contributed by atoms with van der Waals surface area (Å²) < 4.78 is 12.1. The van der Waals surface area contributed by atoms with Gasteiger partial charge in [-0.1, -0.05) is 23.7 Å². The number of benzene rings is 1. The predicted octanol–water partition coefficient (Wildman–Crippen LogP) is 4.24. The molecular formula is C16H16ClN3OS. The average Bonchev–Trinajstić information content (AvgIpc) is 3.17. The summed E-state index contributed by atoms with van der Waals surface area (Å²) in [5, 5.41) is 1.91. The van der Waals surface area contributed by atoms with Crippen LogP contribution in [0, 0.1) is 5.92 Å². The number of para-hydroxylation sites is 1. The van der Waals surface area contributed by atoms with Crippen molar-refractivity contribution in [3.63, 3.8) is 0 Å². The molecule has 1 saturated heterocycles. The molecule has 3 heterocycles. The van der Waals surface area contributed by atoms with Gasteiger partial charge < -0.3 is 9.30 Å². The van der Waals surface area contributed by atoms with Gasteiger partial charge in [0.1, 0.15) is 5.51 Å². The van der Waals surface area contributed by atoms with E-state index in [-0.39, 0.29) is 0 Å². The molecular weight excluding hydrogens is 318 g/mol. The first-order valence-corrected chi connectivity index (χ1v) is 8.66. The SMILES string of the molecule is Clc1cccc2c(-c3ncsn3)cn(CC3CCOCC3)c12. The first-order valence-electron chi connectivity index (χ1n) is 7.45. The van der Waals surface area contributed by atoms with Gasteiger partial charge in [-0.05, 0) is 36.4 Å². The van der Waals surface area contributed by atoms with Crippen LogP contribution in [0.5, 0.6) is 0 Å². The molecule has 1 aliphatic rings. The third-order valence-electron chi connectivity index (χ3n) is 4.25. The van der Waals surface area contributed by atoms with Crippen molar-refractivity contribution in [2.24, 2.45) is 5.92 Å². The van der Waals surface area contributed by atoms with E-state index in [0.29, 0.717) is 5.92 Å². The third kappa shape index (κ3) is 2.53. The second kappa shape index (κ2) is 5.99. The molecule has 0 unspecified atom stereocenters. The van der Waals surface area contributed by atoms with E-state index in [9.17, 15) is 0 Å². The van der Waals surface area contributed by atoms with Crippen molar-refractivity contribution >= 4 is 34.0 Å². The predicted molar refractivity (Wildman–Crippen MR) is 89.4 cm³/mol. The molecule has 1 aromatic carbocycles. The van der Waals surface area contributed by atoms with E-state index in [0.717, 1.165) is 59.9 Å². The summed E-state index contributed by atoms with van der Waals surface area (Å²) in [7, 11) is 0. The van der Waals surface area contributed by atoms with Crippen molar-refractivity contribution in [1.82, 2.24) is 13.9 Å². The van der Waals surface area contributed by atoms with E-state index < -0.39 is 0 Å². The first kappa shape index (κ1) is 14.2. The molecule has 2 aromatic heterocycles. The minimum atomic E-state index is 0.636. The molecule has 1 fully saturated rings. The van der Waals surface area contributed by atoms with E-state index >= 15 is 0 Å². The quantitative estimate of drug-likeness (QED) is 0.719. The maximum Gasteiger partial charge on any atom is 0.174 e. The van der Waals surface area contributed by atoms with Crippen LogP contribution in [0.2, 0.25) is 5.02 Å². The normalized spacial score (nSPS) is 16.4. The fourth-order valence-electron chi connectivity index (χ4n) is 3.13. The van der Waals surface area contributed by atoms with Crippen LogP contribution in [0.25, 0.3) is 22.3 Å². The van der Waals surface area contributed by atoms with Crippen molar-refractivity contribution in [2.45, 2.75) is 19.4 Å². The molecule has 0 bridgehead atoms. The van der Waals surface area contributed by atoms with Crippen LogP contribution in [-0.2, 0) is 11.3 Å². The van der Waals surface area contributed by atoms with E-state index in [1.165, 1.54) is 11.5 Å². The minimum Gasteiger partial charge on any atom is -0.381 e. The summed E-state index contributed by atoms with van der Waals surface area (Å²) in [6, 6.07) is 6.03. The smallest absolute Gasteiger partial charge is 0.174 e. The minimum absolute atomic E-state index is 0.636. The molecule has 6 heteroatoms. The van der Waals surface area contributed by atoms with E-state index in [2.05, 4.69) is 26.2 Å². The molecule has 4 nitrogen and oxygen atoms in total. The fraction of sp³-hybridized carbons (Fsp3) is 0.375. The van der Waals surface area contributed by atoms with Crippen LogP contribution in [0.1, 0.15) is 12.8 Å². The summed E-state index contributed by atoms with van der Waals surface area (Å²) in [5.74, 6) is 1.42. The van der Waals surface area contributed by atoms with Gasteiger partial charge in [-0.25, -0.2) is 4.98 Å². The van der Waals surface area contributed by atoms with Gasteiger partial charge in [0.2, 0.25) is 0 Å². The van der Waals surface area contributed by atoms with Gasteiger partial charge >= 0.3 is 0 Å². The lowest BCUT2D eigenvalue weighted by Crippen LogP contribution is -2.20. The van der Waals surface area contributed by atoms with Crippen LogP contribution in [0.4, 0.5) is 0 Å². The Morgan fingerprint density at radius 1 is 1.32 bits per heavy atom. The fourth-order valence-corrected chi connectivity index (χ4v) is 3.86. The van der Waals surface area contributed by atoms with E-state index in [1.54, 1.807) is 5.51 Å². The highest BCUT2D eigenvalue weighted by atomic mass is 35.5. The number of hydrogen-bond acceptors (Lipinski definition) is 4. The van der Waals surface area contributed by atoms with Gasteiger partial charge in [0.25, 0.3) is 0 Å². The van der Waals surface area contributed by atoms with Gasteiger partial charge in [0.15, 0.2) is 5.82 Å². The Balaban J connectivity index is 1.80. The number of rotatable bonds is 3. The zero-order chi connectivity index (χ0) is 14.9. The second-order valence-electron chi connectivity index (χ2n) is 5.64. The molecule has 0 saturated carbocycles. The summed E-state index contributed by atoms with van der Waals surface area (Å²) in [6.07, 6.45) is 4.36. The number of nitrogens with zero attached hydrogens (tertiary/aromatic N) is 3. The molecule has 0 atom stereocenters. The Morgan fingerprint density at radius 3 is 2.95 bits per heavy atom. The van der Waals surface area contributed by atoms with Gasteiger partial charge in [0, 0.05) is 36.9 Å². The number of aromatic nitrogens is 3. The molecule has 0 amide bonds. The first-order chi connectivity index (χ1) is 10.8. The lowest BCUT2D eigenvalue weighted by Gasteiger charge is -2.23. The maximum absolute atomic E-state index is 6.47. The molecule has 0 spiro atoms. The van der Waals surface area contributed by atoms with E-state index in [1.807, 2.05) is 12.1 Å². The molecule has 4 rings (SSSR count). The van der Waals surface area contributed by atoms with Crippen LogP contribution in [-0.4, -0.2) is 27.1 Å². The Bertz CT molecular complexity index is 778. The Kier molecular flexibility index (Phi) is 3.86. The third-order valence-corrected chi connectivity index (χ3v) is 5.03. The topological polar surface area (TPSA) is 39.9 Å². The number of ether oxygens (including phenoxy) is 1. The zero-order valence-electron chi connectivity index (χ0n) is 12.0. The summed E-state index contributed by atoms with van der Waals surface area (Å²) >= 11 is 7.84. The van der Waals surface area contributed by atoms with Crippen molar-refractivity contribution in [3.05, 3.63) is 34.9 Å². The van der Waals surface area contributed by atoms with Gasteiger partial charge in [-0.3, -0.25) is 0 Å². The molecule has 0 radical (unpaired) electrons. The van der Waals surface area contributed by atoms with Crippen molar-refractivity contribution in [3.8, 4) is 11.4 Å². The van der Waals surface area contributed by atoms with Gasteiger partial charge in [-0.2, -0.15) is 4.37 Å². The summed E-state index contributed by atoms with van der Waals surface area (Å²) in [5.41, 5.74) is 3.91. The number of halogens is 1. The lowest BCUT2D eigenvalue weighted by atomic mass is 10.0. The van der Waals surface area contributed by atoms with Crippen LogP contribution < -0.4 is 0 Å². The monoisotopic (exact) mass is 333 g/mol. The van der Waals surface area contributed by atoms with Gasteiger partial charge in [0.05, 0.1) is 10.5 Å². The van der Waals surface area contributed by atoms with Gasteiger partial charge in [-0.15, -0.1) is 0 Å². The van der Waals surface area contributed by atoms with Crippen LogP contribution >= 0.6 is 23.1 Å². The molecule has 0 aliphatic carbocycles. The van der Waals surface area contributed by atoms with E-state index in [4.69, 9.17) is 16.3 Å². The molecule has 114 valence electrons. The summed E-state index contributed by atoms with van der Waals surface area (Å²) in [4.78, 5) is 4.36. The summed E-state index contributed by atoms with van der Waals surface area (Å²) in [6.45, 7) is 2.68. The Morgan fingerprint density at radius 2 is 2.18 bits per heavy atom. The Labute approximate surface area is 137 Å². The molecule has 1 aliphatic heterocycles. The Hall–Kier alpha value is -1.43. The highest BCUT2D eigenvalue weighted by molar-refractivity contribution is 7.03. The maximum atomic E-state index is 6.47. The highest BCUT2D eigenvalue weighted by Gasteiger charge is 2.19.